The molecule has 1 aliphatic carbocycles. The Morgan fingerprint density at radius 2 is 1.88 bits per heavy atom. The summed E-state index contributed by atoms with van der Waals surface area (Å²) in [6.45, 7) is 3.81. The number of rotatable bonds is 3. The minimum absolute atomic E-state index is 0.340. The van der Waals surface area contributed by atoms with Crippen LogP contribution in [0.4, 0.5) is 0 Å². The molecular formula is C13H26N2O. The van der Waals surface area contributed by atoms with Crippen molar-refractivity contribution in [3.8, 4) is 0 Å². The molecule has 0 radical (unpaired) electrons. The minimum atomic E-state index is 0.340. The summed E-state index contributed by atoms with van der Waals surface area (Å²) >= 11 is 0. The van der Waals surface area contributed by atoms with Crippen molar-refractivity contribution in [1.29, 1.82) is 0 Å². The van der Waals surface area contributed by atoms with Gasteiger partial charge in [0.15, 0.2) is 0 Å². The van der Waals surface area contributed by atoms with Crippen LogP contribution in [-0.4, -0.2) is 48.3 Å². The van der Waals surface area contributed by atoms with Gasteiger partial charge in [0.1, 0.15) is 0 Å². The van der Waals surface area contributed by atoms with E-state index in [0.29, 0.717) is 18.6 Å². The van der Waals surface area contributed by atoms with Crippen molar-refractivity contribution in [2.75, 3.05) is 20.2 Å². The van der Waals surface area contributed by atoms with Crippen LogP contribution < -0.4 is 5.32 Å². The third-order valence-electron chi connectivity index (χ3n) is 4.69. The number of aliphatic hydroxyl groups is 1. The molecule has 0 bridgehead atoms. The van der Waals surface area contributed by atoms with Crippen molar-refractivity contribution in [3.63, 3.8) is 0 Å². The second-order valence-electron chi connectivity index (χ2n) is 5.55. The summed E-state index contributed by atoms with van der Waals surface area (Å²) in [5.41, 5.74) is 0. The zero-order valence-corrected chi connectivity index (χ0v) is 10.7. The van der Waals surface area contributed by atoms with Crippen molar-refractivity contribution < 1.29 is 5.11 Å². The van der Waals surface area contributed by atoms with Crippen molar-refractivity contribution >= 4 is 0 Å². The molecule has 2 rings (SSSR count). The van der Waals surface area contributed by atoms with E-state index in [4.69, 9.17) is 0 Å². The molecule has 2 atom stereocenters. The Hall–Kier alpha value is -0.120. The third-order valence-corrected chi connectivity index (χ3v) is 4.69. The van der Waals surface area contributed by atoms with Gasteiger partial charge in [-0.2, -0.15) is 0 Å². The Morgan fingerprint density at radius 3 is 2.44 bits per heavy atom. The van der Waals surface area contributed by atoms with Crippen molar-refractivity contribution in [2.24, 2.45) is 5.92 Å². The molecule has 1 aliphatic heterocycles. The number of nitrogens with zero attached hydrogens (tertiary/aromatic N) is 1. The van der Waals surface area contributed by atoms with Crippen molar-refractivity contribution in [1.82, 2.24) is 10.2 Å². The molecule has 2 aliphatic rings. The van der Waals surface area contributed by atoms with Gasteiger partial charge in [-0.1, -0.05) is 6.92 Å². The molecule has 0 spiro atoms. The maximum atomic E-state index is 9.48. The summed E-state index contributed by atoms with van der Waals surface area (Å²) in [4.78, 5) is 2.58. The monoisotopic (exact) mass is 226 g/mol. The summed E-state index contributed by atoms with van der Waals surface area (Å²) in [7, 11) is 2.07. The predicted octanol–water partition coefficient (Wildman–Crippen LogP) is 1.22. The summed E-state index contributed by atoms with van der Waals surface area (Å²) in [6.07, 6.45) is 6.45. The van der Waals surface area contributed by atoms with Gasteiger partial charge in [0.05, 0.1) is 6.61 Å². The standard InChI is InChI=1S/C13H26N2O/c1-10-7-8-15(13(10)9-16)12-5-3-11(14-2)4-6-12/h10-14,16H,3-9H2,1-2H3. The largest absolute Gasteiger partial charge is 0.395 e. The lowest BCUT2D eigenvalue weighted by Crippen LogP contribution is -2.46. The predicted molar refractivity (Wildman–Crippen MR) is 66.5 cm³/mol. The molecule has 3 nitrogen and oxygen atoms in total. The van der Waals surface area contributed by atoms with E-state index in [1.165, 1.54) is 38.6 Å². The normalized spacial score (nSPS) is 41.4. The molecule has 94 valence electrons. The van der Waals surface area contributed by atoms with Crippen LogP contribution >= 0.6 is 0 Å². The van der Waals surface area contributed by atoms with Gasteiger partial charge in [0.2, 0.25) is 0 Å². The zero-order valence-electron chi connectivity index (χ0n) is 10.7. The molecule has 0 aromatic carbocycles. The highest BCUT2D eigenvalue weighted by Crippen LogP contribution is 2.31. The molecule has 16 heavy (non-hydrogen) atoms. The molecule has 3 heteroatoms. The fourth-order valence-electron chi connectivity index (χ4n) is 3.47. The molecule has 0 amide bonds. The van der Waals surface area contributed by atoms with Gasteiger partial charge in [-0.15, -0.1) is 0 Å². The second kappa shape index (κ2) is 5.48. The van der Waals surface area contributed by atoms with Crippen LogP contribution in [-0.2, 0) is 0 Å². The number of aliphatic hydroxyl groups excluding tert-OH is 1. The second-order valence-corrected chi connectivity index (χ2v) is 5.55. The van der Waals surface area contributed by atoms with Gasteiger partial charge in [-0.3, -0.25) is 4.90 Å². The SMILES string of the molecule is CNC1CCC(N2CCC(C)C2CO)CC1. The van der Waals surface area contributed by atoms with Crippen molar-refractivity contribution in [3.05, 3.63) is 0 Å². The fraction of sp³-hybridized carbons (Fsp3) is 1.00. The highest BCUT2D eigenvalue weighted by molar-refractivity contribution is 4.91. The number of hydrogen-bond acceptors (Lipinski definition) is 3. The van der Waals surface area contributed by atoms with Crippen LogP contribution in [0.25, 0.3) is 0 Å². The Labute approximate surface area is 99.2 Å². The van der Waals surface area contributed by atoms with E-state index in [2.05, 4.69) is 24.2 Å². The first-order valence-corrected chi connectivity index (χ1v) is 6.80. The summed E-state index contributed by atoms with van der Waals surface area (Å²) in [5, 5.41) is 12.9. The lowest BCUT2D eigenvalue weighted by molar-refractivity contribution is 0.0797. The van der Waals surface area contributed by atoms with Crippen LogP contribution in [0.2, 0.25) is 0 Å². The zero-order chi connectivity index (χ0) is 11.5. The molecule has 1 saturated carbocycles. The fourth-order valence-corrected chi connectivity index (χ4v) is 3.47. The van der Waals surface area contributed by atoms with E-state index in [-0.39, 0.29) is 0 Å². The van der Waals surface area contributed by atoms with Crippen molar-refractivity contribution in [2.45, 2.75) is 57.2 Å². The van der Waals surface area contributed by atoms with Gasteiger partial charge >= 0.3 is 0 Å². The van der Waals surface area contributed by atoms with E-state index in [1.54, 1.807) is 0 Å². The number of nitrogens with one attached hydrogen (secondary N) is 1. The molecular weight excluding hydrogens is 200 g/mol. The third kappa shape index (κ3) is 2.41. The lowest BCUT2D eigenvalue weighted by atomic mass is 9.89. The molecule has 0 aromatic heterocycles. The topological polar surface area (TPSA) is 35.5 Å². The number of hydrogen-bond donors (Lipinski definition) is 2. The van der Waals surface area contributed by atoms with Crippen LogP contribution in [0.1, 0.15) is 39.0 Å². The Kier molecular flexibility index (Phi) is 4.22. The highest BCUT2D eigenvalue weighted by atomic mass is 16.3. The minimum Gasteiger partial charge on any atom is -0.395 e. The molecule has 2 unspecified atom stereocenters. The van der Waals surface area contributed by atoms with Gasteiger partial charge in [0.25, 0.3) is 0 Å². The average molecular weight is 226 g/mol. The molecule has 2 fully saturated rings. The average Bonchev–Trinajstić information content (AvgIpc) is 2.70. The Morgan fingerprint density at radius 1 is 1.19 bits per heavy atom. The van der Waals surface area contributed by atoms with Gasteiger partial charge < -0.3 is 10.4 Å². The Balaban J connectivity index is 1.88. The summed E-state index contributed by atoms with van der Waals surface area (Å²) in [5.74, 6) is 0.673. The molecule has 2 N–H and O–H groups in total. The van der Waals surface area contributed by atoms with Gasteiger partial charge in [-0.25, -0.2) is 0 Å². The maximum absolute atomic E-state index is 9.48. The Bertz CT molecular complexity index is 214. The summed E-state index contributed by atoms with van der Waals surface area (Å²) < 4.78 is 0. The molecule has 0 aromatic rings. The first-order valence-electron chi connectivity index (χ1n) is 6.80. The van der Waals surface area contributed by atoms with Crippen LogP contribution in [0.15, 0.2) is 0 Å². The molecule has 1 saturated heterocycles. The van der Waals surface area contributed by atoms with Crippen LogP contribution in [0, 0.1) is 5.92 Å². The smallest absolute Gasteiger partial charge is 0.0589 e. The first-order chi connectivity index (χ1) is 7.76. The molecule has 1 heterocycles. The van der Waals surface area contributed by atoms with Gasteiger partial charge in [-0.05, 0) is 51.6 Å². The van der Waals surface area contributed by atoms with E-state index in [0.717, 1.165) is 12.1 Å². The quantitative estimate of drug-likeness (QED) is 0.759. The van der Waals surface area contributed by atoms with E-state index >= 15 is 0 Å². The van der Waals surface area contributed by atoms with Crippen LogP contribution in [0.5, 0.6) is 0 Å². The van der Waals surface area contributed by atoms with E-state index in [1.807, 2.05) is 0 Å². The van der Waals surface area contributed by atoms with E-state index < -0.39 is 0 Å². The summed E-state index contributed by atoms with van der Waals surface area (Å²) in [6, 6.07) is 1.88. The van der Waals surface area contributed by atoms with E-state index in [9.17, 15) is 5.11 Å². The highest BCUT2D eigenvalue weighted by Gasteiger charge is 2.36. The number of likely N-dealkylation sites (tertiary alicyclic amines) is 1. The maximum Gasteiger partial charge on any atom is 0.0589 e. The lowest BCUT2D eigenvalue weighted by Gasteiger charge is -2.38. The van der Waals surface area contributed by atoms with Crippen LogP contribution in [0.3, 0.4) is 0 Å². The van der Waals surface area contributed by atoms with Gasteiger partial charge in [0, 0.05) is 18.1 Å². The first kappa shape index (κ1) is 12.3.